The first-order valence-electron chi connectivity index (χ1n) is 6.94. The fourth-order valence-corrected chi connectivity index (χ4v) is 2.47. The van der Waals surface area contributed by atoms with Crippen molar-refractivity contribution in [1.82, 2.24) is 5.32 Å². The summed E-state index contributed by atoms with van der Waals surface area (Å²) in [6, 6.07) is 13.9. The minimum Gasteiger partial charge on any atom is -0.497 e. The number of methoxy groups -OCH3 is 1. The molecule has 0 spiro atoms. The van der Waals surface area contributed by atoms with E-state index in [1.165, 1.54) is 0 Å². The molecule has 0 bridgehead atoms. The number of carbonyl (C=O) groups is 1. The highest BCUT2D eigenvalue weighted by molar-refractivity contribution is 5.91. The maximum Gasteiger partial charge on any atom is 0.225 e. The van der Waals surface area contributed by atoms with Gasteiger partial charge in [0.05, 0.1) is 19.6 Å². The fourth-order valence-electron chi connectivity index (χ4n) is 2.47. The Balaban J connectivity index is 1.86. The van der Waals surface area contributed by atoms with Gasteiger partial charge in [0.2, 0.25) is 5.91 Å². The number of benzene rings is 2. The summed E-state index contributed by atoms with van der Waals surface area (Å²) in [6.07, 6.45) is 1.77. The second-order valence-corrected chi connectivity index (χ2v) is 5.42. The van der Waals surface area contributed by atoms with Crippen molar-refractivity contribution >= 4 is 16.7 Å². The Bertz CT molecular complexity index is 742. The Hall–Kier alpha value is -2.54. The van der Waals surface area contributed by atoms with E-state index in [0.717, 1.165) is 34.9 Å². The highest BCUT2D eigenvalue weighted by atomic mass is 16.5. The average molecular weight is 280 g/mol. The van der Waals surface area contributed by atoms with Gasteiger partial charge in [0.1, 0.15) is 11.3 Å². The summed E-state index contributed by atoms with van der Waals surface area (Å²) in [7, 11) is 1.63. The lowest BCUT2D eigenvalue weighted by atomic mass is 10.0. The van der Waals surface area contributed by atoms with Crippen molar-refractivity contribution in [2.24, 2.45) is 0 Å². The number of fused-ring (bicyclic) bond motifs is 1. The van der Waals surface area contributed by atoms with Crippen LogP contribution in [0.5, 0.6) is 5.75 Å². The van der Waals surface area contributed by atoms with E-state index in [4.69, 9.17) is 10.00 Å². The zero-order chi connectivity index (χ0) is 14.9. The van der Waals surface area contributed by atoms with E-state index in [2.05, 4.69) is 11.4 Å². The topological polar surface area (TPSA) is 62.1 Å². The summed E-state index contributed by atoms with van der Waals surface area (Å²) < 4.78 is 5.25. The Kier molecular flexibility index (Phi) is 3.26. The molecular weight excluding hydrogens is 264 g/mol. The molecule has 106 valence electrons. The van der Waals surface area contributed by atoms with Crippen molar-refractivity contribution < 1.29 is 9.53 Å². The molecule has 0 saturated heterocycles. The van der Waals surface area contributed by atoms with Crippen LogP contribution in [0.1, 0.15) is 18.4 Å². The lowest BCUT2D eigenvalue weighted by Gasteiger charge is -2.11. The summed E-state index contributed by atoms with van der Waals surface area (Å²) in [6.45, 7) is 0. The van der Waals surface area contributed by atoms with Crippen LogP contribution in [0.4, 0.5) is 0 Å². The van der Waals surface area contributed by atoms with Crippen molar-refractivity contribution in [2.75, 3.05) is 7.11 Å². The van der Waals surface area contributed by atoms with Crippen molar-refractivity contribution in [1.29, 1.82) is 5.26 Å². The molecule has 1 aliphatic rings. The molecule has 3 rings (SSSR count). The molecule has 21 heavy (non-hydrogen) atoms. The third-order valence-corrected chi connectivity index (χ3v) is 3.87. The van der Waals surface area contributed by atoms with Gasteiger partial charge in [0, 0.05) is 0 Å². The summed E-state index contributed by atoms with van der Waals surface area (Å²) in [5.41, 5.74) is 0.331. The number of rotatable bonds is 4. The van der Waals surface area contributed by atoms with Crippen LogP contribution >= 0.6 is 0 Å². The first-order valence-corrected chi connectivity index (χ1v) is 6.94. The van der Waals surface area contributed by atoms with Crippen LogP contribution in [-0.4, -0.2) is 18.6 Å². The van der Waals surface area contributed by atoms with E-state index in [-0.39, 0.29) is 12.3 Å². The molecule has 0 aromatic heterocycles. The van der Waals surface area contributed by atoms with Gasteiger partial charge in [-0.15, -0.1) is 0 Å². The molecule has 4 nitrogen and oxygen atoms in total. The summed E-state index contributed by atoms with van der Waals surface area (Å²) in [4.78, 5) is 12.1. The lowest BCUT2D eigenvalue weighted by Crippen LogP contribution is -2.36. The Morgan fingerprint density at radius 1 is 1.38 bits per heavy atom. The molecule has 2 aromatic carbocycles. The van der Waals surface area contributed by atoms with Crippen LogP contribution in [0.3, 0.4) is 0 Å². The molecule has 1 amide bonds. The Morgan fingerprint density at radius 2 is 2.19 bits per heavy atom. The highest BCUT2D eigenvalue weighted by Crippen LogP contribution is 2.34. The van der Waals surface area contributed by atoms with Gasteiger partial charge in [-0.05, 0) is 41.3 Å². The second kappa shape index (κ2) is 5.10. The number of amides is 1. The second-order valence-electron chi connectivity index (χ2n) is 5.42. The molecule has 0 aliphatic heterocycles. The predicted octanol–water partition coefficient (Wildman–Crippen LogP) is 2.56. The number of nitrogens with zero attached hydrogens (tertiary/aromatic N) is 1. The summed E-state index contributed by atoms with van der Waals surface area (Å²) in [5.74, 6) is 0.662. The summed E-state index contributed by atoms with van der Waals surface area (Å²) >= 11 is 0. The number of nitrogens with one attached hydrogen (secondary N) is 1. The third-order valence-electron chi connectivity index (χ3n) is 3.87. The fraction of sp³-hybridized carbons (Fsp3) is 0.294. The minimum absolute atomic E-state index is 0.107. The van der Waals surface area contributed by atoms with Gasteiger partial charge in [0.25, 0.3) is 0 Å². The standard InChI is InChI=1S/C17H16N2O2/c1-21-14-6-5-12-3-2-4-13(15(12)10-14)9-16(20)19-17(11-18)7-8-17/h2-6,10H,7-9H2,1H3,(H,19,20). The number of ether oxygens (including phenoxy) is 1. The molecule has 1 saturated carbocycles. The van der Waals surface area contributed by atoms with Crippen molar-refractivity contribution in [3.05, 3.63) is 42.0 Å². The Labute approximate surface area is 123 Å². The average Bonchev–Trinajstić information content (AvgIpc) is 3.27. The smallest absolute Gasteiger partial charge is 0.225 e. The van der Waals surface area contributed by atoms with Gasteiger partial charge < -0.3 is 10.1 Å². The van der Waals surface area contributed by atoms with Crippen LogP contribution < -0.4 is 10.1 Å². The molecule has 1 fully saturated rings. The van der Waals surface area contributed by atoms with Gasteiger partial charge in [-0.3, -0.25) is 4.79 Å². The predicted molar refractivity (Wildman–Crippen MR) is 79.9 cm³/mol. The maximum absolute atomic E-state index is 12.1. The highest BCUT2D eigenvalue weighted by Gasteiger charge is 2.44. The number of hydrogen-bond acceptors (Lipinski definition) is 3. The van der Waals surface area contributed by atoms with Gasteiger partial charge in [-0.25, -0.2) is 0 Å². The molecule has 1 aliphatic carbocycles. The van der Waals surface area contributed by atoms with E-state index in [9.17, 15) is 4.79 Å². The van der Waals surface area contributed by atoms with E-state index < -0.39 is 5.54 Å². The molecule has 4 heteroatoms. The monoisotopic (exact) mass is 280 g/mol. The van der Waals surface area contributed by atoms with Gasteiger partial charge >= 0.3 is 0 Å². The first-order chi connectivity index (χ1) is 10.2. The molecule has 2 aromatic rings. The van der Waals surface area contributed by atoms with Crippen molar-refractivity contribution in [3.63, 3.8) is 0 Å². The van der Waals surface area contributed by atoms with E-state index in [1.54, 1.807) is 7.11 Å². The molecule has 0 heterocycles. The number of nitriles is 1. The molecule has 0 unspecified atom stereocenters. The number of carbonyl (C=O) groups excluding carboxylic acids is 1. The minimum atomic E-state index is -0.612. The SMILES string of the molecule is COc1ccc2cccc(CC(=O)NC3(C#N)CC3)c2c1. The van der Waals surface area contributed by atoms with Crippen LogP contribution in [0.2, 0.25) is 0 Å². The third kappa shape index (κ3) is 2.68. The van der Waals surface area contributed by atoms with E-state index in [1.807, 2.05) is 36.4 Å². The molecular formula is C17H16N2O2. The summed E-state index contributed by atoms with van der Waals surface area (Å²) in [5, 5.41) is 13.9. The van der Waals surface area contributed by atoms with Crippen molar-refractivity contribution in [2.45, 2.75) is 24.8 Å². The first kappa shape index (κ1) is 13.4. The van der Waals surface area contributed by atoms with Crippen LogP contribution in [-0.2, 0) is 11.2 Å². The zero-order valence-corrected chi connectivity index (χ0v) is 11.8. The van der Waals surface area contributed by atoms with Gasteiger partial charge in [-0.2, -0.15) is 5.26 Å². The van der Waals surface area contributed by atoms with Crippen molar-refractivity contribution in [3.8, 4) is 11.8 Å². The number of hydrogen-bond donors (Lipinski definition) is 1. The van der Waals surface area contributed by atoms with Gasteiger partial charge in [-0.1, -0.05) is 24.3 Å². The van der Waals surface area contributed by atoms with Crippen LogP contribution in [0.15, 0.2) is 36.4 Å². The van der Waals surface area contributed by atoms with Crippen LogP contribution in [0, 0.1) is 11.3 Å². The molecule has 0 radical (unpaired) electrons. The lowest BCUT2D eigenvalue weighted by molar-refractivity contribution is -0.121. The van der Waals surface area contributed by atoms with Crippen LogP contribution in [0.25, 0.3) is 10.8 Å². The molecule has 0 atom stereocenters. The molecule has 1 N–H and O–H groups in total. The zero-order valence-electron chi connectivity index (χ0n) is 11.8. The largest absolute Gasteiger partial charge is 0.497 e. The Morgan fingerprint density at radius 3 is 2.86 bits per heavy atom. The maximum atomic E-state index is 12.1. The normalized spacial score (nSPS) is 15.2. The van der Waals surface area contributed by atoms with E-state index in [0.29, 0.717) is 0 Å². The van der Waals surface area contributed by atoms with E-state index >= 15 is 0 Å². The quantitative estimate of drug-likeness (QED) is 0.936. The van der Waals surface area contributed by atoms with Gasteiger partial charge in [0.15, 0.2) is 0 Å².